The van der Waals surface area contributed by atoms with E-state index in [1.165, 1.54) is 24.9 Å². The Morgan fingerprint density at radius 3 is 2.30 bits per heavy atom. The SMILES string of the molecule is Cc1ccc(C#N)c(N2Cc3cnc(Nc4ccc(N5CCN(C)CC5)cc4)nc3N(C34CC5CC(CC(C5)C3)C4)C2=O)c1. The minimum absolute atomic E-state index is 0.0669. The molecule has 9 heteroatoms. The predicted octanol–water partition coefficient (Wildman–Crippen LogP) is 6.07. The van der Waals surface area contributed by atoms with Crippen LogP contribution in [0.2, 0.25) is 0 Å². The lowest BCUT2D eigenvalue weighted by atomic mass is 9.52. The molecule has 2 aliphatic heterocycles. The highest BCUT2D eigenvalue weighted by Crippen LogP contribution is 2.59. The Kier molecular flexibility index (Phi) is 6.53. The smallest absolute Gasteiger partial charge is 0.331 e. The molecule has 6 aliphatic rings. The van der Waals surface area contributed by atoms with Gasteiger partial charge in [0.05, 0.1) is 23.3 Å². The van der Waals surface area contributed by atoms with Crippen molar-refractivity contribution in [3.05, 3.63) is 65.4 Å². The summed E-state index contributed by atoms with van der Waals surface area (Å²) in [6, 6.07) is 16.4. The standard InChI is InChI=1S/C35H40N8O/c1-23-3-4-27(20-36)31(13-23)42-22-28-21-37-33(38-29-5-7-30(8-6-29)41-11-9-40(2)10-12-41)39-32(28)43(34(42)44)35-17-24-14-25(18-35)16-26(15-24)19-35/h3-8,13,21,24-26H,9-12,14-19,22H2,1-2H3,(H,37,38,39). The average molecular weight is 589 g/mol. The van der Waals surface area contributed by atoms with Crippen molar-refractivity contribution in [1.29, 1.82) is 5.26 Å². The van der Waals surface area contributed by atoms with Crippen LogP contribution in [0.15, 0.2) is 48.7 Å². The van der Waals surface area contributed by atoms with Gasteiger partial charge in [-0.25, -0.2) is 9.78 Å². The molecule has 0 spiro atoms. The Hall–Kier alpha value is -4.16. The molecule has 3 heterocycles. The van der Waals surface area contributed by atoms with Crippen molar-refractivity contribution in [2.45, 2.75) is 57.5 Å². The van der Waals surface area contributed by atoms with Gasteiger partial charge in [-0.15, -0.1) is 0 Å². The second kappa shape index (κ2) is 10.5. The van der Waals surface area contributed by atoms with Crippen molar-refractivity contribution in [3.8, 4) is 6.07 Å². The number of hydrogen-bond donors (Lipinski definition) is 1. The van der Waals surface area contributed by atoms with Gasteiger partial charge < -0.3 is 15.1 Å². The number of urea groups is 1. The highest BCUT2D eigenvalue weighted by molar-refractivity contribution is 6.07. The number of benzene rings is 2. The van der Waals surface area contributed by atoms with Crippen LogP contribution in [0, 0.1) is 36.0 Å². The Morgan fingerprint density at radius 1 is 0.955 bits per heavy atom. The fourth-order valence-corrected chi connectivity index (χ4v) is 9.08. The molecule has 1 N–H and O–H groups in total. The highest BCUT2D eigenvalue weighted by atomic mass is 16.2. The number of piperazine rings is 1. The van der Waals surface area contributed by atoms with Gasteiger partial charge in [0.1, 0.15) is 11.9 Å². The molecule has 0 atom stereocenters. The Bertz CT molecular complexity index is 1600. The van der Waals surface area contributed by atoms with Crippen LogP contribution in [0.25, 0.3) is 0 Å². The third-order valence-corrected chi connectivity index (χ3v) is 10.8. The Balaban J connectivity index is 1.14. The van der Waals surface area contributed by atoms with Crippen LogP contribution in [-0.4, -0.2) is 59.7 Å². The van der Waals surface area contributed by atoms with E-state index in [1.807, 2.05) is 36.2 Å². The molecule has 2 aromatic carbocycles. The molecule has 3 aromatic rings. The number of carbonyl (C=O) groups excluding carboxylic acids is 1. The van der Waals surface area contributed by atoms with Crippen molar-refractivity contribution < 1.29 is 4.79 Å². The van der Waals surface area contributed by atoms with E-state index in [0.29, 0.717) is 41.5 Å². The van der Waals surface area contributed by atoms with Crippen molar-refractivity contribution >= 4 is 34.9 Å². The van der Waals surface area contributed by atoms with E-state index in [4.69, 9.17) is 9.97 Å². The zero-order valence-electron chi connectivity index (χ0n) is 25.7. The van der Waals surface area contributed by atoms with Crippen LogP contribution in [0.5, 0.6) is 0 Å². The van der Waals surface area contributed by atoms with Crippen LogP contribution in [0.4, 0.5) is 33.6 Å². The number of nitrogens with zero attached hydrogens (tertiary/aromatic N) is 7. The Labute approximate surface area is 259 Å². The minimum atomic E-state index is -0.244. The summed E-state index contributed by atoms with van der Waals surface area (Å²) in [5, 5.41) is 13.4. The molecule has 0 radical (unpaired) electrons. The summed E-state index contributed by atoms with van der Waals surface area (Å²) in [5.41, 5.74) is 5.02. The van der Waals surface area contributed by atoms with E-state index in [-0.39, 0.29) is 11.6 Å². The number of amides is 2. The molecule has 5 fully saturated rings. The van der Waals surface area contributed by atoms with Crippen LogP contribution in [0.1, 0.15) is 55.2 Å². The van der Waals surface area contributed by atoms with E-state index in [0.717, 1.165) is 68.1 Å². The topological polar surface area (TPSA) is 91.6 Å². The number of aromatic nitrogens is 2. The van der Waals surface area contributed by atoms with Crippen molar-refractivity contribution in [3.63, 3.8) is 0 Å². The largest absolute Gasteiger partial charge is 0.369 e. The molecule has 1 saturated heterocycles. The lowest BCUT2D eigenvalue weighted by Gasteiger charge is -2.61. The van der Waals surface area contributed by atoms with Crippen molar-refractivity contribution in [2.24, 2.45) is 17.8 Å². The fourth-order valence-electron chi connectivity index (χ4n) is 9.08. The average Bonchev–Trinajstić information content (AvgIpc) is 3.01. The molecule has 9 rings (SSSR count). The van der Waals surface area contributed by atoms with Crippen LogP contribution in [0.3, 0.4) is 0 Å². The summed E-state index contributed by atoms with van der Waals surface area (Å²) in [6.45, 7) is 6.54. The second-order valence-electron chi connectivity index (χ2n) is 14.0. The monoisotopic (exact) mass is 588 g/mol. The van der Waals surface area contributed by atoms with E-state index < -0.39 is 0 Å². The highest BCUT2D eigenvalue weighted by Gasteiger charge is 2.57. The third-order valence-electron chi connectivity index (χ3n) is 10.8. The summed E-state index contributed by atoms with van der Waals surface area (Å²) in [4.78, 5) is 33.2. The lowest BCUT2D eigenvalue weighted by Crippen LogP contribution is -2.65. The number of anilines is 5. The molecule has 44 heavy (non-hydrogen) atoms. The number of aryl methyl sites for hydroxylation is 1. The van der Waals surface area contributed by atoms with Gasteiger partial charge in [0.15, 0.2) is 0 Å². The zero-order chi connectivity index (χ0) is 30.0. The van der Waals surface area contributed by atoms with Gasteiger partial charge in [-0.3, -0.25) is 9.80 Å². The second-order valence-corrected chi connectivity index (χ2v) is 14.0. The number of nitriles is 1. The molecule has 1 aromatic heterocycles. The first-order valence-corrected chi connectivity index (χ1v) is 16.2. The summed E-state index contributed by atoms with van der Waals surface area (Å²) in [7, 11) is 2.17. The normalized spacial score (nSPS) is 27.8. The molecular weight excluding hydrogens is 548 g/mol. The predicted molar refractivity (Wildman–Crippen MR) is 172 cm³/mol. The van der Waals surface area contributed by atoms with E-state index in [9.17, 15) is 10.1 Å². The van der Waals surface area contributed by atoms with Gasteiger partial charge in [0.2, 0.25) is 5.95 Å². The zero-order valence-corrected chi connectivity index (χ0v) is 25.7. The first-order chi connectivity index (χ1) is 21.4. The van der Waals surface area contributed by atoms with Gasteiger partial charge in [-0.1, -0.05) is 6.07 Å². The fraction of sp³-hybridized carbons (Fsp3) is 0.486. The summed E-state index contributed by atoms with van der Waals surface area (Å²) in [5.74, 6) is 3.23. The molecule has 4 saturated carbocycles. The van der Waals surface area contributed by atoms with Gasteiger partial charge in [-0.2, -0.15) is 10.2 Å². The maximum atomic E-state index is 14.7. The third kappa shape index (κ3) is 4.67. The van der Waals surface area contributed by atoms with Gasteiger partial charge in [-0.05, 0) is 112 Å². The maximum Gasteiger partial charge on any atom is 0.331 e. The number of fused-ring (bicyclic) bond motifs is 1. The first kappa shape index (κ1) is 27.4. The van der Waals surface area contributed by atoms with E-state index in [1.54, 1.807) is 4.90 Å². The van der Waals surface area contributed by atoms with E-state index >= 15 is 0 Å². The summed E-state index contributed by atoms with van der Waals surface area (Å²) < 4.78 is 0. The molecule has 2 amide bonds. The number of likely N-dealkylation sites (N-methyl/N-ethyl adjacent to an activating group) is 1. The molecule has 9 nitrogen and oxygen atoms in total. The first-order valence-electron chi connectivity index (χ1n) is 16.2. The Morgan fingerprint density at radius 2 is 1.64 bits per heavy atom. The minimum Gasteiger partial charge on any atom is -0.369 e. The van der Waals surface area contributed by atoms with Gasteiger partial charge in [0.25, 0.3) is 0 Å². The van der Waals surface area contributed by atoms with Gasteiger partial charge in [0, 0.05) is 49.3 Å². The molecule has 4 aliphatic carbocycles. The molecule has 0 unspecified atom stereocenters. The van der Waals surface area contributed by atoms with Crippen LogP contribution >= 0.6 is 0 Å². The van der Waals surface area contributed by atoms with Crippen LogP contribution in [-0.2, 0) is 6.54 Å². The number of hydrogen-bond acceptors (Lipinski definition) is 7. The summed E-state index contributed by atoms with van der Waals surface area (Å²) in [6.07, 6.45) is 8.81. The maximum absolute atomic E-state index is 14.7. The van der Waals surface area contributed by atoms with Crippen molar-refractivity contribution in [2.75, 3.05) is 53.2 Å². The molecule has 226 valence electrons. The van der Waals surface area contributed by atoms with Crippen LogP contribution < -0.4 is 20.0 Å². The van der Waals surface area contributed by atoms with Crippen molar-refractivity contribution in [1.82, 2.24) is 14.9 Å². The molecule has 4 bridgehead atoms. The van der Waals surface area contributed by atoms with Gasteiger partial charge >= 0.3 is 6.03 Å². The number of rotatable bonds is 5. The quantitative estimate of drug-likeness (QED) is 0.387. The van der Waals surface area contributed by atoms with E-state index in [2.05, 4.69) is 52.5 Å². The lowest BCUT2D eigenvalue weighted by molar-refractivity contribution is -0.000907. The number of carbonyl (C=O) groups is 1. The summed E-state index contributed by atoms with van der Waals surface area (Å²) >= 11 is 0. The molecular formula is C35H40N8O. The number of nitrogens with one attached hydrogen (secondary N) is 1.